The van der Waals surface area contributed by atoms with Crippen LogP contribution in [0.5, 0.6) is 5.75 Å². The van der Waals surface area contributed by atoms with E-state index in [0.717, 1.165) is 17.7 Å². The Morgan fingerprint density at radius 3 is 2.56 bits per heavy atom. The van der Waals surface area contributed by atoms with Crippen LogP contribution in [0.4, 0.5) is 0 Å². The van der Waals surface area contributed by atoms with E-state index in [1.54, 1.807) is 0 Å². The van der Waals surface area contributed by atoms with Crippen molar-refractivity contribution in [2.75, 3.05) is 13.2 Å². The molecule has 0 aliphatic carbocycles. The van der Waals surface area contributed by atoms with E-state index in [-0.39, 0.29) is 18.1 Å². The third-order valence-electron chi connectivity index (χ3n) is 3.69. The topological polar surface area (TPSA) is 55.5 Å². The minimum atomic E-state index is -0.255. The summed E-state index contributed by atoms with van der Waals surface area (Å²) in [5, 5.41) is 9.33. The predicted molar refractivity (Wildman–Crippen MR) is 74.9 cm³/mol. The summed E-state index contributed by atoms with van der Waals surface area (Å²) in [6.45, 7) is 6.91. The second-order valence-electron chi connectivity index (χ2n) is 4.83. The molecule has 2 atom stereocenters. The zero-order valence-corrected chi connectivity index (χ0v) is 11.6. The van der Waals surface area contributed by atoms with Gasteiger partial charge < -0.3 is 15.6 Å². The van der Waals surface area contributed by atoms with Crippen LogP contribution in [0.25, 0.3) is 0 Å². The number of aliphatic hydroxyl groups excluding tert-OH is 1. The van der Waals surface area contributed by atoms with Crippen LogP contribution in [0.3, 0.4) is 0 Å². The molecule has 0 spiro atoms. The molecule has 0 radical (unpaired) electrons. The standard InChI is InChI=1S/C15H25NO2/c1-4-14(16)15(3,10-11-17)12-8-6-7-9-13(12)18-5-2/h6-9,14,17H,4-5,10-11,16H2,1-3H3. The second-order valence-corrected chi connectivity index (χ2v) is 4.83. The van der Waals surface area contributed by atoms with Crippen molar-refractivity contribution < 1.29 is 9.84 Å². The van der Waals surface area contributed by atoms with Crippen LogP contribution in [-0.4, -0.2) is 24.4 Å². The van der Waals surface area contributed by atoms with Gasteiger partial charge in [0, 0.05) is 23.6 Å². The Bertz CT molecular complexity index is 367. The first-order chi connectivity index (χ1) is 8.60. The SMILES string of the molecule is CCOc1ccccc1C(C)(CCO)C(N)CC. The Labute approximate surface area is 110 Å². The van der Waals surface area contributed by atoms with E-state index in [1.807, 2.05) is 25.1 Å². The van der Waals surface area contributed by atoms with Crippen molar-refractivity contribution in [1.29, 1.82) is 0 Å². The molecule has 18 heavy (non-hydrogen) atoms. The van der Waals surface area contributed by atoms with E-state index in [4.69, 9.17) is 10.5 Å². The molecule has 0 aliphatic rings. The minimum absolute atomic E-state index is 0.00579. The Kier molecular flexibility index (Phi) is 5.63. The van der Waals surface area contributed by atoms with Crippen molar-refractivity contribution >= 4 is 0 Å². The number of benzene rings is 1. The molecule has 102 valence electrons. The van der Waals surface area contributed by atoms with E-state index < -0.39 is 0 Å². The lowest BCUT2D eigenvalue weighted by Crippen LogP contribution is -2.43. The molecular formula is C15H25NO2. The number of aliphatic hydroxyl groups is 1. The van der Waals surface area contributed by atoms with Gasteiger partial charge in [0.2, 0.25) is 0 Å². The molecule has 1 rings (SSSR count). The summed E-state index contributed by atoms with van der Waals surface area (Å²) in [5.74, 6) is 0.875. The molecule has 3 heteroatoms. The molecule has 0 fully saturated rings. The normalized spacial score (nSPS) is 16.1. The highest BCUT2D eigenvalue weighted by molar-refractivity contribution is 5.40. The van der Waals surface area contributed by atoms with Gasteiger partial charge in [-0.2, -0.15) is 0 Å². The molecule has 0 bridgehead atoms. The van der Waals surface area contributed by atoms with Gasteiger partial charge in [-0.1, -0.05) is 32.0 Å². The third kappa shape index (κ3) is 3.03. The molecule has 0 saturated carbocycles. The van der Waals surface area contributed by atoms with Crippen LogP contribution in [0.1, 0.15) is 39.2 Å². The number of hydrogen-bond acceptors (Lipinski definition) is 3. The van der Waals surface area contributed by atoms with Crippen LogP contribution in [0.15, 0.2) is 24.3 Å². The van der Waals surface area contributed by atoms with Crippen LogP contribution < -0.4 is 10.5 Å². The molecule has 0 heterocycles. The summed E-state index contributed by atoms with van der Waals surface area (Å²) in [5.41, 5.74) is 7.11. The largest absolute Gasteiger partial charge is 0.494 e. The van der Waals surface area contributed by atoms with Gasteiger partial charge in [0.25, 0.3) is 0 Å². The fourth-order valence-electron chi connectivity index (χ4n) is 2.42. The van der Waals surface area contributed by atoms with Gasteiger partial charge in [-0.15, -0.1) is 0 Å². The molecule has 0 aliphatic heterocycles. The van der Waals surface area contributed by atoms with Gasteiger partial charge in [0.15, 0.2) is 0 Å². The number of para-hydroxylation sites is 1. The van der Waals surface area contributed by atoms with Gasteiger partial charge in [-0.25, -0.2) is 0 Å². The van der Waals surface area contributed by atoms with Gasteiger partial charge in [-0.3, -0.25) is 0 Å². The van der Waals surface area contributed by atoms with Crippen molar-refractivity contribution in [3.63, 3.8) is 0 Å². The molecule has 0 saturated heterocycles. The highest BCUT2D eigenvalue weighted by Gasteiger charge is 2.34. The van der Waals surface area contributed by atoms with Gasteiger partial charge in [-0.05, 0) is 25.8 Å². The molecule has 0 aromatic heterocycles. The van der Waals surface area contributed by atoms with Crippen molar-refractivity contribution in [2.45, 2.75) is 45.1 Å². The lowest BCUT2D eigenvalue weighted by Gasteiger charge is -2.36. The molecule has 3 N–H and O–H groups in total. The van der Waals surface area contributed by atoms with Crippen LogP contribution in [0, 0.1) is 0 Å². The Hall–Kier alpha value is -1.06. The van der Waals surface area contributed by atoms with E-state index in [9.17, 15) is 5.11 Å². The lowest BCUT2D eigenvalue weighted by atomic mass is 9.72. The minimum Gasteiger partial charge on any atom is -0.494 e. The predicted octanol–water partition coefficient (Wildman–Crippen LogP) is 2.46. The average molecular weight is 251 g/mol. The summed E-state index contributed by atoms with van der Waals surface area (Å²) in [6, 6.07) is 7.99. The molecule has 1 aromatic carbocycles. The number of nitrogens with two attached hydrogens (primary N) is 1. The smallest absolute Gasteiger partial charge is 0.123 e. The van der Waals surface area contributed by atoms with E-state index in [0.29, 0.717) is 13.0 Å². The average Bonchev–Trinajstić information content (AvgIpc) is 2.39. The van der Waals surface area contributed by atoms with E-state index in [2.05, 4.69) is 19.9 Å². The molecule has 0 amide bonds. The van der Waals surface area contributed by atoms with Crippen LogP contribution >= 0.6 is 0 Å². The molecule has 1 aromatic rings. The molecule has 2 unspecified atom stereocenters. The van der Waals surface area contributed by atoms with Crippen molar-refractivity contribution in [1.82, 2.24) is 0 Å². The third-order valence-corrected chi connectivity index (χ3v) is 3.69. The Morgan fingerprint density at radius 1 is 1.33 bits per heavy atom. The first-order valence-corrected chi connectivity index (χ1v) is 6.68. The first-order valence-electron chi connectivity index (χ1n) is 6.68. The quantitative estimate of drug-likeness (QED) is 0.782. The summed E-state index contributed by atoms with van der Waals surface area (Å²) >= 11 is 0. The van der Waals surface area contributed by atoms with Gasteiger partial charge in [0.05, 0.1) is 6.61 Å². The summed E-state index contributed by atoms with van der Waals surface area (Å²) in [4.78, 5) is 0. The fourth-order valence-corrected chi connectivity index (χ4v) is 2.42. The number of rotatable bonds is 7. The number of ether oxygens (including phenoxy) is 1. The Morgan fingerprint density at radius 2 is 2.00 bits per heavy atom. The summed E-state index contributed by atoms with van der Waals surface area (Å²) in [6.07, 6.45) is 1.52. The Balaban J connectivity index is 3.20. The highest BCUT2D eigenvalue weighted by Crippen LogP contribution is 2.37. The van der Waals surface area contributed by atoms with Crippen molar-refractivity contribution in [3.8, 4) is 5.75 Å². The number of hydrogen-bond donors (Lipinski definition) is 2. The zero-order chi connectivity index (χ0) is 13.6. The summed E-state index contributed by atoms with van der Waals surface area (Å²) < 4.78 is 5.69. The van der Waals surface area contributed by atoms with Gasteiger partial charge in [0.1, 0.15) is 5.75 Å². The summed E-state index contributed by atoms with van der Waals surface area (Å²) in [7, 11) is 0. The van der Waals surface area contributed by atoms with Crippen molar-refractivity contribution in [2.24, 2.45) is 5.73 Å². The lowest BCUT2D eigenvalue weighted by molar-refractivity contribution is 0.217. The zero-order valence-electron chi connectivity index (χ0n) is 11.6. The second kappa shape index (κ2) is 6.76. The molecular weight excluding hydrogens is 226 g/mol. The maximum absolute atomic E-state index is 9.33. The van der Waals surface area contributed by atoms with E-state index in [1.165, 1.54) is 0 Å². The maximum atomic E-state index is 9.33. The fraction of sp³-hybridized carbons (Fsp3) is 0.600. The van der Waals surface area contributed by atoms with Crippen LogP contribution in [-0.2, 0) is 5.41 Å². The van der Waals surface area contributed by atoms with Gasteiger partial charge >= 0.3 is 0 Å². The van der Waals surface area contributed by atoms with Crippen molar-refractivity contribution in [3.05, 3.63) is 29.8 Å². The maximum Gasteiger partial charge on any atom is 0.123 e. The first kappa shape index (κ1) is 15.0. The monoisotopic (exact) mass is 251 g/mol. The molecule has 3 nitrogen and oxygen atoms in total. The highest BCUT2D eigenvalue weighted by atomic mass is 16.5. The van der Waals surface area contributed by atoms with E-state index >= 15 is 0 Å². The van der Waals surface area contributed by atoms with Crippen LogP contribution in [0.2, 0.25) is 0 Å².